The number of rotatable bonds is 9. The van der Waals surface area contributed by atoms with Crippen molar-refractivity contribution in [2.24, 2.45) is 0 Å². The van der Waals surface area contributed by atoms with E-state index in [0.29, 0.717) is 17.8 Å². The van der Waals surface area contributed by atoms with Gasteiger partial charge in [-0.15, -0.1) is 0 Å². The van der Waals surface area contributed by atoms with E-state index >= 15 is 0 Å². The minimum absolute atomic E-state index is 0.435. The monoisotopic (exact) mass is 1120 g/mol. The number of hydrogen-bond acceptors (Lipinski definition) is 15. The topological polar surface area (TPSA) is 201 Å². The van der Waals surface area contributed by atoms with E-state index in [1.54, 1.807) is 55.8 Å². The molecule has 12 rings (SSSR count). The molecule has 2 atom stereocenters. The van der Waals surface area contributed by atoms with E-state index in [9.17, 15) is 0 Å². The van der Waals surface area contributed by atoms with E-state index in [-0.39, 0.29) is 0 Å². The quantitative estimate of drug-likeness (QED) is 0.0798. The molecule has 9 aromatic rings. The Morgan fingerprint density at radius 1 is 0.449 bits per heavy atom. The fourth-order valence-corrected chi connectivity index (χ4v) is 9.88. The zero-order chi connectivity index (χ0) is 46.9. The van der Waals surface area contributed by atoms with Crippen LogP contribution in [0.1, 0.15) is 73.4 Å². The summed E-state index contributed by atoms with van der Waals surface area (Å²) in [6.07, 6.45) is 22.9. The second-order valence-corrected chi connectivity index (χ2v) is 19.6. The molecule has 0 spiro atoms. The van der Waals surface area contributed by atoms with Crippen LogP contribution in [0.15, 0.2) is 124 Å². The van der Waals surface area contributed by atoms with E-state index in [2.05, 4.69) is 128 Å². The van der Waals surface area contributed by atoms with Crippen LogP contribution in [0.3, 0.4) is 0 Å². The lowest BCUT2D eigenvalue weighted by Crippen LogP contribution is -2.29. The first kappa shape index (κ1) is 46.7. The molecule has 18 nitrogen and oxygen atoms in total. The van der Waals surface area contributed by atoms with Gasteiger partial charge < -0.3 is 31.9 Å². The lowest BCUT2D eigenvalue weighted by molar-refractivity contribution is 0.453. The normalized spacial score (nSPS) is 17.4. The average molecular weight is 1120 g/mol. The number of fused-ring (bicyclic) bond motifs is 3. The van der Waals surface area contributed by atoms with Gasteiger partial charge in [0.1, 0.15) is 17.5 Å². The van der Waals surface area contributed by atoms with Crippen LogP contribution in [0.4, 0.5) is 34.5 Å². The molecule has 0 radical (unpaired) electrons. The summed E-state index contributed by atoms with van der Waals surface area (Å²) in [7, 11) is 0. The Hall–Kier alpha value is -5.97. The second-order valence-electron chi connectivity index (χ2n) is 17.1. The molecule has 0 saturated carbocycles. The van der Waals surface area contributed by atoms with E-state index in [1.807, 2.05) is 49.9 Å². The Balaban J connectivity index is 0.000000120. The van der Waals surface area contributed by atoms with Gasteiger partial charge >= 0.3 is 0 Å². The zero-order valence-corrected chi connectivity index (χ0v) is 42.4. The molecule has 6 N–H and O–H groups in total. The highest BCUT2D eigenvalue weighted by atomic mass is 79.9. The fourth-order valence-electron chi connectivity index (χ4n) is 8.84. The molecule has 0 aliphatic carbocycles. The first-order valence-corrected chi connectivity index (χ1v) is 25.6. The minimum atomic E-state index is 0.435. The molecule has 12 heterocycles. The van der Waals surface area contributed by atoms with E-state index < -0.39 is 0 Å². The average Bonchev–Trinajstić information content (AvgIpc) is 4.11. The summed E-state index contributed by atoms with van der Waals surface area (Å²) in [6.45, 7) is 6.23. The van der Waals surface area contributed by atoms with Crippen molar-refractivity contribution >= 4 is 99.2 Å². The van der Waals surface area contributed by atoms with Crippen molar-refractivity contribution in [3.63, 3.8) is 0 Å². The third-order valence-electron chi connectivity index (χ3n) is 12.4. The predicted octanol–water partition coefficient (Wildman–Crippen LogP) is 9.29. The highest BCUT2D eigenvalue weighted by Crippen LogP contribution is 2.32. The standard InChI is InChI=1S/3C16H17BrN6/c17-13-10-20-23-15(21-12-3-7-19-8-4-12)9-14(22-16(13)23)11-1-5-18-6-2-11;17-13-10-20-23-15(21-12-4-2-6-19-9-12)7-14(22-16(13)23)11-3-1-5-18-8-11;17-13-10-20-23-15(21-12-3-6-18-7-4-12)8-14(22-16(13)23)11-2-1-5-19-9-11/h3-4,7-11,18H,1-2,5-6H2,(H,19,21);2,4,6-7,9-11,18,21H,1,3,5,8H2;3-4,6-8,10-11,19H,1-2,5,9H2,(H,18,21). The van der Waals surface area contributed by atoms with Crippen molar-refractivity contribution in [2.75, 3.05) is 55.2 Å². The van der Waals surface area contributed by atoms with Crippen LogP contribution in [0.25, 0.3) is 16.9 Å². The highest BCUT2D eigenvalue weighted by molar-refractivity contribution is 9.11. The van der Waals surface area contributed by atoms with Crippen molar-refractivity contribution in [1.29, 1.82) is 0 Å². The number of halogens is 3. The van der Waals surface area contributed by atoms with Crippen LogP contribution < -0.4 is 31.9 Å². The van der Waals surface area contributed by atoms with Gasteiger partial charge in [0, 0.05) is 97.1 Å². The minimum Gasteiger partial charge on any atom is -0.340 e. The molecule has 2 unspecified atom stereocenters. The number of hydrogen-bond donors (Lipinski definition) is 6. The molecule has 3 fully saturated rings. The van der Waals surface area contributed by atoms with Gasteiger partial charge in [0.25, 0.3) is 0 Å². The van der Waals surface area contributed by atoms with Gasteiger partial charge in [-0.05, 0) is 149 Å². The SMILES string of the molecule is Brc1cnn2c(Nc3cccnc3)cc(C3CCCNC3)nc12.Brc1cnn2c(Nc3ccncc3)cc(C3CCCNC3)nc12.Brc1cnn2c(Nc3ccncc3)cc(C3CCNCC3)nc12. The molecule has 3 aliphatic heterocycles. The molecule has 0 aromatic carbocycles. The Labute approximate surface area is 423 Å². The fraction of sp³-hybridized carbons (Fsp3) is 0.312. The predicted molar refractivity (Wildman–Crippen MR) is 279 cm³/mol. The summed E-state index contributed by atoms with van der Waals surface area (Å²) >= 11 is 10.6. The Bertz CT molecular complexity index is 2760. The summed E-state index contributed by atoms with van der Waals surface area (Å²) < 4.78 is 8.18. The van der Waals surface area contributed by atoms with Gasteiger partial charge in [-0.3, -0.25) is 15.0 Å². The van der Waals surface area contributed by atoms with E-state index in [4.69, 9.17) is 15.0 Å². The molecule has 0 amide bonds. The highest BCUT2D eigenvalue weighted by Gasteiger charge is 2.23. The van der Waals surface area contributed by atoms with Gasteiger partial charge in [-0.1, -0.05) is 0 Å². The van der Waals surface area contributed by atoms with Crippen molar-refractivity contribution < 1.29 is 0 Å². The number of anilines is 6. The third-order valence-corrected chi connectivity index (χ3v) is 14.1. The summed E-state index contributed by atoms with van der Waals surface area (Å²) in [4.78, 5) is 26.7. The Kier molecular flexibility index (Phi) is 15.0. The van der Waals surface area contributed by atoms with Gasteiger partial charge in [0.15, 0.2) is 16.9 Å². The summed E-state index contributed by atoms with van der Waals surface area (Å²) in [5.74, 6) is 4.08. The van der Waals surface area contributed by atoms with Crippen LogP contribution >= 0.6 is 47.8 Å². The molecular weight excluding hydrogens is 1070 g/mol. The largest absolute Gasteiger partial charge is 0.340 e. The van der Waals surface area contributed by atoms with Crippen molar-refractivity contribution in [3.8, 4) is 0 Å². The number of nitrogens with zero attached hydrogens (tertiary/aromatic N) is 12. The lowest BCUT2D eigenvalue weighted by Gasteiger charge is -2.23. The first-order chi connectivity index (χ1) is 33.9. The number of piperidine rings is 3. The van der Waals surface area contributed by atoms with Crippen molar-refractivity contribution in [2.45, 2.75) is 56.3 Å². The van der Waals surface area contributed by atoms with Gasteiger partial charge in [-0.2, -0.15) is 28.8 Å². The maximum Gasteiger partial charge on any atom is 0.171 e. The molecule has 3 saturated heterocycles. The smallest absolute Gasteiger partial charge is 0.171 e. The van der Waals surface area contributed by atoms with Crippen LogP contribution in [0.2, 0.25) is 0 Å². The van der Waals surface area contributed by atoms with Crippen LogP contribution in [-0.4, -0.2) is 98.0 Å². The van der Waals surface area contributed by atoms with Crippen LogP contribution in [0, 0.1) is 0 Å². The Morgan fingerprint density at radius 3 is 1.29 bits per heavy atom. The maximum atomic E-state index is 4.83. The van der Waals surface area contributed by atoms with E-state index in [0.717, 1.165) is 147 Å². The summed E-state index contributed by atoms with van der Waals surface area (Å²) in [5.41, 5.74) is 8.72. The Morgan fingerprint density at radius 2 is 0.884 bits per heavy atom. The summed E-state index contributed by atoms with van der Waals surface area (Å²) in [6, 6.07) is 18.0. The molecule has 9 aromatic heterocycles. The molecule has 69 heavy (non-hydrogen) atoms. The third kappa shape index (κ3) is 11.2. The van der Waals surface area contributed by atoms with Gasteiger partial charge in [0.05, 0.1) is 55.3 Å². The number of aromatic nitrogens is 12. The van der Waals surface area contributed by atoms with Crippen LogP contribution in [-0.2, 0) is 0 Å². The zero-order valence-electron chi connectivity index (χ0n) is 37.6. The molecule has 3 aliphatic rings. The maximum absolute atomic E-state index is 4.83. The lowest BCUT2D eigenvalue weighted by atomic mass is 9.94. The second kappa shape index (κ2) is 22.2. The van der Waals surface area contributed by atoms with Crippen LogP contribution in [0.5, 0.6) is 0 Å². The van der Waals surface area contributed by atoms with Crippen molar-refractivity contribution in [3.05, 3.63) is 141 Å². The number of nitrogens with one attached hydrogen (secondary N) is 6. The van der Waals surface area contributed by atoms with Gasteiger partial charge in [0.2, 0.25) is 0 Å². The molecule has 0 bridgehead atoms. The number of pyridine rings is 3. The van der Waals surface area contributed by atoms with Crippen molar-refractivity contribution in [1.82, 2.24) is 74.7 Å². The van der Waals surface area contributed by atoms with E-state index in [1.165, 1.54) is 12.8 Å². The molecular formula is C48H51Br3N18. The first-order valence-electron chi connectivity index (χ1n) is 23.2. The molecule has 21 heteroatoms. The van der Waals surface area contributed by atoms with Gasteiger partial charge in [-0.25, -0.2) is 15.0 Å². The molecule has 354 valence electrons. The summed E-state index contributed by atoms with van der Waals surface area (Å²) in [5, 5.41) is 33.8.